The van der Waals surface area contributed by atoms with E-state index in [0.717, 1.165) is 42.6 Å². The summed E-state index contributed by atoms with van der Waals surface area (Å²) < 4.78 is 0. The van der Waals surface area contributed by atoms with E-state index in [1.807, 2.05) is 12.1 Å². The normalized spacial score (nSPS) is 11.6. The number of nitrogens with one attached hydrogen (secondary N) is 2. The van der Waals surface area contributed by atoms with Gasteiger partial charge >= 0.3 is 0 Å². The maximum Gasteiger partial charge on any atom is 0.232 e. The number of rotatable bonds is 77. The number of aryl methyl sites for hydroxylation is 4. The third kappa shape index (κ3) is 48.6. The van der Waals surface area contributed by atoms with Crippen LogP contribution in [-0.4, -0.2) is 15.0 Å². The van der Waals surface area contributed by atoms with Gasteiger partial charge in [-0.05, 0) is 141 Å². The topological polar surface area (TPSA) is 62.7 Å². The third-order valence-electron chi connectivity index (χ3n) is 23.3. The van der Waals surface area contributed by atoms with Crippen molar-refractivity contribution in [2.24, 2.45) is 0 Å². The van der Waals surface area contributed by atoms with Crippen molar-refractivity contribution in [1.29, 1.82) is 0 Å². The molecule has 0 aliphatic rings. The van der Waals surface area contributed by atoms with Crippen molar-refractivity contribution in [2.45, 2.75) is 504 Å². The van der Waals surface area contributed by atoms with Crippen LogP contribution in [0, 0.1) is 6.07 Å². The first kappa shape index (κ1) is 92.7. The predicted molar refractivity (Wildman–Crippen MR) is 465 cm³/mol. The molecule has 5 nitrogen and oxygen atoms in total. The number of anilines is 4. The quantitative estimate of drug-likeness (QED) is 0.0431. The molecule has 0 amide bonds. The standard InChI is InChI=1S/C99H172N5/c1-7-13-19-25-31-37-43-49-55-61-68-78-89-84-93(85-90(79-69-62-56-50-44-38-32-26-20-14-8-2)95(89)82-74-65-59-53-47-41-35-29-23-17-11-5)100-98-102-97(88-76-72-67-73-77-88)103-99(104-98)101-94-86-91(80-70-63-57-51-45-39-33-27-21-15-9-3)96(83-75-66-60-54-48-42-36-30-24-18-12-6)92(87-94)81-71-64-58-52-46-40-34-28-22-16-10-4/h72-73,76-77,84-87H,7-66,68-71,74-75,78-83H2,1-6H3,(H2,100,101,102,103,104). The molecule has 2 N–H and O–H groups in total. The molecule has 0 aliphatic carbocycles. The van der Waals surface area contributed by atoms with E-state index in [0.29, 0.717) is 17.7 Å². The molecule has 0 atom stereocenters. The molecule has 0 saturated heterocycles. The van der Waals surface area contributed by atoms with Crippen LogP contribution in [0.4, 0.5) is 23.3 Å². The van der Waals surface area contributed by atoms with Gasteiger partial charge in [-0.25, -0.2) is 0 Å². The Balaban J connectivity index is 1.71. The first-order valence-corrected chi connectivity index (χ1v) is 47.1. The summed E-state index contributed by atoms with van der Waals surface area (Å²) in [5.41, 5.74) is 12.9. The van der Waals surface area contributed by atoms with Gasteiger partial charge in [0.15, 0.2) is 5.82 Å². The van der Waals surface area contributed by atoms with Crippen molar-refractivity contribution < 1.29 is 0 Å². The van der Waals surface area contributed by atoms with Crippen LogP contribution >= 0.6 is 0 Å². The lowest BCUT2D eigenvalue weighted by atomic mass is 9.89. The summed E-state index contributed by atoms with van der Waals surface area (Å²) >= 11 is 0. The lowest BCUT2D eigenvalue weighted by molar-refractivity contribution is 0.545. The maximum absolute atomic E-state index is 5.41. The minimum atomic E-state index is 0.625. The molecular formula is C99H172N5. The average Bonchev–Trinajstić information content (AvgIpc) is 0.812. The molecule has 3 aromatic carbocycles. The summed E-state index contributed by atoms with van der Waals surface area (Å²) in [6.07, 6.45) is 98.0. The van der Waals surface area contributed by atoms with Gasteiger partial charge in [-0.2, -0.15) is 15.0 Å². The second-order valence-corrected chi connectivity index (χ2v) is 33.1. The van der Waals surface area contributed by atoms with Gasteiger partial charge in [0.2, 0.25) is 11.9 Å². The summed E-state index contributed by atoms with van der Waals surface area (Å²) in [6.45, 7) is 14.0. The Bertz CT molecular complexity index is 2270. The fraction of sp³-hybridized carbons (Fsp3) is 0.788. The molecule has 1 aromatic heterocycles. The first-order chi connectivity index (χ1) is 51.5. The Kier molecular flexibility index (Phi) is 61.1. The minimum Gasteiger partial charge on any atom is -0.324 e. The van der Waals surface area contributed by atoms with Crippen LogP contribution in [0.3, 0.4) is 0 Å². The summed E-state index contributed by atoms with van der Waals surface area (Å²) in [5.74, 6) is 1.95. The van der Waals surface area contributed by atoms with Gasteiger partial charge in [0.1, 0.15) is 0 Å². The van der Waals surface area contributed by atoms with E-state index < -0.39 is 0 Å². The van der Waals surface area contributed by atoms with Crippen molar-refractivity contribution in [1.82, 2.24) is 15.0 Å². The lowest BCUT2D eigenvalue weighted by Gasteiger charge is -2.20. The van der Waals surface area contributed by atoms with Crippen molar-refractivity contribution in [3.63, 3.8) is 0 Å². The molecule has 0 saturated carbocycles. The Morgan fingerprint density at radius 3 is 0.606 bits per heavy atom. The van der Waals surface area contributed by atoms with E-state index in [1.165, 1.54) is 437 Å². The highest BCUT2D eigenvalue weighted by Crippen LogP contribution is 2.33. The second kappa shape index (κ2) is 68.5. The number of hydrogen-bond acceptors (Lipinski definition) is 5. The number of aromatic nitrogens is 3. The smallest absolute Gasteiger partial charge is 0.232 e. The summed E-state index contributed by atoms with van der Waals surface area (Å²) in [4.78, 5) is 16.1. The zero-order valence-electron chi connectivity index (χ0n) is 70.4. The Morgan fingerprint density at radius 2 is 0.404 bits per heavy atom. The van der Waals surface area contributed by atoms with Crippen molar-refractivity contribution >= 4 is 23.3 Å². The van der Waals surface area contributed by atoms with E-state index >= 15 is 0 Å². The van der Waals surface area contributed by atoms with Crippen LogP contribution in [0.2, 0.25) is 0 Å². The molecule has 5 heteroatoms. The van der Waals surface area contributed by atoms with Gasteiger partial charge in [0.05, 0.1) is 0 Å². The third-order valence-corrected chi connectivity index (χ3v) is 23.3. The van der Waals surface area contributed by atoms with Gasteiger partial charge < -0.3 is 10.6 Å². The van der Waals surface area contributed by atoms with Crippen molar-refractivity contribution in [3.8, 4) is 11.4 Å². The fourth-order valence-corrected chi connectivity index (χ4v) is 16.5. The van der Waals surface area contributed by atoms with E-state index in [-0.39, 0.29) is 0 Å². The van der Waals surface area contributed by atoms with Crippen molar-refractivity contribution in [3.05, 3.63) is 88.0 Å². The van der Waals surface area contributed by atoms with E-state index in [2.05, 4.69) is 94.6 Å². The Hall–Kier alpha value is -3.73. The molecule has 1 radical (unpaired) electrons. The molecule has 4 aromatic rings. The maximum atomic E-state index is 5.41. The summed E-state index contributed by atoms with van der Waals surface area (Å²) in [7, 11) is 0. The lowest BCUT2D eigenvalue weighted by Crippen LogP contribution is -2.09. The van der Waals surface area contributed by atoms with Crippen LogP contribution < -0.4 is 10.6 Å². The number of unbranched alkanes of at least 4 members (excludes halogenated alkanes) is 60. The Morgan fingerprint density at radius 1 is 0.221 bits per heavy atom. The first-order valence-electron chi connectivity index (χ1n) is 47.1. The van der Waals surface area contributed by atoms with Crippen molar-refractivity contribution in [2.75, 3.05) is 10.6 Å². The minimum absolute atomic E-state index is 0.625. The van der Waals surface area contributed by atoms with Gasteiger partial charge in [0.25, 0.3) is 0 Å². The van der Waals surface area contributed by atoms with Crippen LogP contribution in [0.25, 0.3) is 11.4 Å². The van der Waals surface area contributed by atoms with Crippen LogP contribution in [0.1, 0.15) is 499 Å². The molecule has 104 heavy (non-hydrogen) atoms. The van der Waals surface area contributed by atoms with Gasteiger partial charge in [-0.15, -0.1) is 0 Å². The highest BCUT2D eigenvalue weighted by molar-refractivity contribution is 5.66. The van der Waals surface area contributed by atoms with Gasteiger partial charge in [-0.1, -0.05) is 451 Å². The molecular weight excluding hydrogens is 1260 g/mol. The average molecular weight is 1430 g/mol. The molecule has 0 aliphatic heterocycles. The molecule has 593 valence electrons. The Labute approximate surface area is 648 Å². The SMILES string of the molecule is CCCCCCCCCCCCCc1cc(Nc2nc(Nc3cc(CCCCCCCCCCCCC)c(CCCCCCCCCCCCC)c(CCCCCCCCCCCCC)c3)nc(-c3cc[c]cc3)n2)cc(CCCCCCCCCCCCC)c1CCCCCCCCCCCCC. The highest BCUT2D eigenvalue weighted by Gasteiger charge is 2.18. The highest BCUT2D eigenvalue weighted by atomic mass is 15.2. The molecule has 0 spiro atoms. The van der Waals surface area contributed by atoms with E-state index in [4.69, 9.17) is 15.0 Å². The number of hydrogen-bond donors (Lipinski definition) is 2. The zero-order chi connectivity index (χ0) is 73.7. The van der Waals surface area contributed by atoms with Gasteiger partial charge in [-0.3, -0.25) is 0 Å². The molecule has 1 heterocycles. The van der Waals surface area contributed by atoms with E-state index in [1.54, 1.807) is 33.4 Å². The van der Waals surface area contributed by atoms with Crippen LogP contribution in [0.5, 0.6) is 0 Å². The zero-order valence-corrected chi connectivity index (χ0v) is 70.4. The number of nitrogens with zero attached hydrogens (tertiary/aromatic N) is 3. The largest absolute Gasteiger partial charge is 0.324 e. The predicted octanol–water partition coefficient (Wildman–Crippen LogP) is 33.9. The van der Waals surface area contributed by atoms with E-state index in [9.17, 15) is 0 Å². The second-order valence-electron chi connectivity index (χ2n) is 33.1. The molecule has 4 rings (SSSR count). The summed E-state index contributed by atoms with van der Waals surface area (Å²) in [5, 5.41) is 7.90. The fourth-order valence-electron chi connectivity index (χ4n) is 16.5. The monoisotopic (exact) mass is 1430 g/mol. The molecule has 0 bridgehead atoms. The number of benzene rings is 3. The van der Waals surface area contributed by atoms with Crippen LogP contribution in [0.15, 0.2) is 48.5 Å². The van der Waals surface area contributed by atoms with Crippen LogP contribution in [-0.2, 0) is 38.5 Å². The summed E-state index contributed by atoms with van der Waals surface area (Å²) in [6, 6.07) is 21.7. The van der Waals surface area contributed by atoms with Gasteiger partial charge in [0, 0.05) is 16.9 Å². The molecule has 0 fully saturated rings. The molecule has 0 unspecified atom stereocenters.